The molecular weight excluding hydrogens is 364 g/mol. The van der Waals surface area contributed by atoms with E-state index in [2.05, 4.69) is 40.3 Å². The van der Waals surface area contributed by atoms with Gasteiger partial charge in [-0.15, -0.1) is 12.4 Å². The third-order valence-electron chi connectivity index (χ3n) is 4.41. The Labute approximate surface area is 148 Å². The van der Waals surface area contributed by atoms with Crippen molar-refractivity contribution in [1.82, 2.24) is 5.32 Å². The molecule has 1 aromatic carbocycles. The van der Waals surface area contributed by atoms with E-state index in [9.17, 15) is 4.79 Å². The van der Waals surface area contributed by atoms with Crippen molar-refractivity contribution in [1.29, 1.82) is 0 Å². The van der Waals surface area contributed by atoms with Crippen molar-refractivity contribution in [3.8, 4) is 0 Å². The van der Waals surface area contributed by atoms with Gasteiger partial charge in [0.05, 0.1) is 5.92 Å². The summed E-state index contributed by atoms with van der Waals surface area (Å²) < 4.78 is 1.07. The summed E-state index contributed by atoms with van der Waals surface area (Å²) in [5.74, 6) is 0.0583. The maximum Gasteiger partial charge on any atom is 0.225 e. The molecule has 0 aromatic heterocycles. The van der Waals surface area contributed by atoms with Crippen molar-refractivity contribution >= 4 is 34.2 Å². The van der Waals surface area contributed by atoms with Crippen LogP contribution >= 0.6 is 28.3 Å². The van der Waals surface area contributed by atoms with E-state index < -0.39 is 0 Å². The quantitative estimate of drug-likeness (QED) is 0.822. The molecule has 1 fully saturated rings. The third kappa shape index (κ3) is 5.25. The molecule has 3 unspecified atom stereocenters. The number of amides is 1. The van der Waals surface area contributed by atoms with Crippen molar-refractivity contribution in [3.05, 3.63) is 34.3 Å². The molecular formula is C17H26BrClN2O. The molecule has 3 nitrogen and oxygen atoms in total. The van der Waals surface area contributed by atoms with Crippen molar-refractivity contribution < 1.29 is 4.79 Å². The molecule has 1 amide bonds. The fourth-order valence-corrected chi connectivity index (χ4v) is 3.42. The molecule has 3 N–H and O–H groups in total. The summed E-state index contributed by atoms with van der Waals surface area (Å²) in [6, 6.07) is 8.35. The Morgan fingerprint density at radius 3 is 2.64 bits per heavy atom. The Morgan fingerprint density at radius 1 is 1.41 bits per heavy atom. The molecule has 2 rings (SSSR count). The van der Waals surface area contributed by atoms with E-state index in [1.165, 1.54) is 5.56 Å². The second-order valence-corrected chi connectivity index (χ2v) is 7.46. The van der Waals surface area contributed by atoms with Crippen LogP contribution in [0.3, 0.4) is 0 Å². The lowest BCUT2D eigenvalue weighted by atomic mass is 9.74. The van der Waals surface area contributed by atoms with Gasteiger partial charge in [0.25, 0.3) is 0 Å². The fourth-order valence-electron chi connectivity index (χ4n) is 3.16. The van der Waals surface area contributed by atoms with Crippen LogP contribution in [0.25, 0.3) is 0 Å². The normalized spacial score (nSPS) is 25.9. The lowest BCUT2D eigenvalue weighted by Gasteiger charge is -2.37. The van der Waals surface area contributed by atoms with Crippen LogP contribution in [0.1, 0.15) is 45.1 Å². The number of hydrogen-bond acceptors (Lipinski definition) is 2. The van der Waals surface area contributed by atoms with Crippen LogP contribution in [0.2, 0.25) is 0 Å². The van der Waals surface area contributed by atoms with Crippen LogP contribution in [0.5, 0.6) is 0 Å². The van der Waals surface area contributed by atoms with Gasteiger partial charge < -0.3 is 11.1 Å². The van der Waals surface area contributed by atoms with E-state index >= 15 is 0 Å². The molecule has 0 spiro atoms. The zero-order valence-electron chi connectivity index (χ0n) is 13.3. The second-order valence-electron chi connectivity index (χ2n) is 6.54. The summed E-state index contributed by atoms with van der Waals surface area (Å²) in [6.45, 7) is 4.06. The number of carbonyl (C=O) groups is 1. The molecule has 0 radical (unpaired) electrons. The largest absolute Gasteiger partial charge is 0.353 e. The number of nitrogens with one attached hydrogen (secondary N) is 1. The highest BCUT2D eigenvalue weighted by molar-refractivity contribution is 9.10. The molecule has 5 heteroatoms. The molecule has 1 aliphatic rings. The SMILES string of the molecule is CC(Cc1ccc(Br)cc1)NC(=O)C1CCCCC1(C)N.Cl. The number of hydrogen-bond donors (Lipinski definition) is 2. The predicted octanol–water partition coefficient (Wildman–Crippen LogP) is 3.83. The number of rotatable bonds is 4. The highest BCUT2D eigenvalue weighted by Gasteiger charge is 2.37. The number of halogens is 2. The maximum absolute atomic E-state index is 12.5. The minimum atomic E-state index is -0.361. The van der Waals surface area contributed by atoms with Crippen LogP contribution in [-0.2, 0) is 11.2 Å². The van der Waals surface area contributed by atoms with Crippen LogP contribution in [0.15, 0.2) is 28.7 Å². The monoisotopic (exact) mass is 388 g/mol. The first kappa shape index (κ1) is 19.5. The molecule has 0 saturated heterocycles. The van der Waals surface area contributed by atoms with E-state index in [-0.39, 0.29) is 35.8 Å². The minimum absolute atomic E-state index is 0. The topological polar surface area (TPSA) is 55.1 Å². The van der Waals surface area contributed by atoms with Crippen LogP contribution < -0.4 is 11.1 Å². The fraction of sp³-hybridized carbons (Fsp3) is 0.588. The van der Waals surface area contributed by atoms with E-state index in [1.807, 2.05) is 19.1 Å². The lowest BCUT2D eigenvalue weighted by molar-refractivity contribution is -0.128. The van der Waals surface area contributed by atoms with Gasteiger partial charge in [-0.05, 0) is 50.8 Å². The number of benzene rings is 1. The Hall–Kier alpha value is -0.580. The van der Waals surface area contributed by atoms with Crippen molar-refractivity contribution in [2.75, 3.05) is 0 Å². The van der Waals surface area contributed by atoms with Crippen molar-refractivity contribution in [2.24, 2.45) is 11.7 Å². The highest BCUT2D eigenvalue weighted by atomic mass is 79.9. The predicted molar refractivity (Wildman–Crippen MR) is 97.2 cm³/mol. The molecule has 124 valence electrons. The van der Waals surface area contributed by atoms with Gasteiger partial charge in [-0.25, -0.2) is 0 Å². The van der Waals surface area contributed by atoms with E-state index in [4.69, 9.17) is 5.73 Å². The summed E-state index contributed by atoms with van der Waals surface area (Å²) in [5.41, 5.74) is 7.17. The Bertz CT molecular complexity index is 490. The van der Waals surface area contributed by atoms with Crippen LogP contribution in [0, 0.1) is 5.92 Å². The molecule has 1 aromatic rings. The third-order valence-corrected chi connectivity index (χ3v) is 4.94. The summed E-state index contributed by atoms with van der Waals surface area (Å²) in [6.07, 6.45) is 4.92. The zero-order chi connectivity index (χ0) is 15.5. The summed E-state index contributed by atoms with van der Waals surface area (Å²) in [4.78, 5) is 12.5. The van der Waals surface area contributed by atoms with Gasteiger partial charge in [0, 0.05) is 16.1 Å². The second kappa shape index (κ2) is 8.32. The molecule has 1 aliphatic carbocycles. The van der Waals surface area contributed by atoms with E-state index in [0.29, 0.717) is 0 Å². The van der Waals surface area contributed by atoms with Crippen molar-refractivity contribution in [3.63, 3.8) is 0 Å². The first-order valence-corrected chi connectivity index (χ1v) is 8.51. The lowest BCUT2D eigenvalue weighted by Crippen LogP contribution is -2.54. The Kier molecular flexibility index (Phi) is 7.36. The summed E-state index contributed by atoms with van der Waals surface area (Å²) >= 11 is 3.43. The van der Waals surface area contributed by atoms with Gasteiger partial charge in [0.2, 0.25) is 5.91 Å². The summed E-state index contributed by atoms with van der Waals surface area (Å²) in [7, 11) is 0. The Balaban J connectivity index is 0.00000242. The van der Waals surface area contributed by atoms with Gasteiger partial charge in [0.15, 0.2) is 0 Å². The number of nitrogens with two attached hydrogens (primary N) is 1. The van der Waals surface area contributed by atoms with Crippen molar-refractivity contribution in [2.45, 2.75) is 57.5 Å². The van der Waals surface area contributed by atoms with Gasteiger partial charge in [-0.2, -0.15) is 0 Å². The average Bonchev–Trinajstić information content (AvgIpc) is 2.40. The molecule has 0 heterocycles. The molecule has 0 bridgehead atoms. The molecule has 1 saturated carbocycles. The molecule has 3 atom stereocenters. The minimum Gasteiger partial charge on any atom is -0.353 e. The standard InChI is InChI=1S/C17H25BrN2O.ClH/c1-12(11-13-6-8-14(18)9-7-13)20-16(21)15-5-3-4-10-17(15,2)19;/h6-9,12,15H,3-5,10-11,19H2,1-2H3,(H,20,21);1H. The molecule has 22 heavy (non-hydrogen) atoms. The first-order chi connectivity index (χ1) is 9.88. The molecule has 0 aliphatic heterocycles. The number of carbonyl (C=O) groups excluding carboxylic acids is 1. The van der Waals surface area contributed by atoms with Gasteiger partial charge in [-0.3, -0.25) is 4.79 Å². The van der Waals surface area contributed by atoms with Gasteiger partial charge in [-0.1, -0.05) is 40.9 Å². The average molecular weight is 390 g/mol. The highest BCUT2D eigenvalue weighted by Crippen LogP contribution is 2.31. The van der Waals surface area contributed by atoms with Gasteiger partial charge in [0.1, 0.15) is 0 Å². The maximum atomic E-state index is 12.5. The first-order valence-electron chi connectivity index (χ1n) is 7.72. The van der Waals surface area contributed by atoms with Gasteiger partial charge >= 0.3 is 0 Å². The zero-order valence-corrected chi connectivity index (χ0v) is 15.7. The Morgan fingerprint density at radius 2 is 2.05 bits per heavy atom. The smallest absolute Gasteiger partial charge is 0.225 e. The van der Waals surface area contributed by atoms with E-state index in [1.54, 1.807) is 0 Å². The van der Waals surface area contributed by atoms with E-state index in [0.717, 1.165) is 36.6 Å². The van der Waals surface area contributed by atoms with Crippen LogP contribution in [0.4, 0.5) is 0 Å². The summed E-state index contributed by atoms with van der Waals surface area (Å²) in [5, 5.41) is 3.14. The van der Waals surface area contributed by atoms with Crippen LogP contribution in [-0.4, -0.2) is 17.5 Å².